The Morgan fingerprint density at radius 3 is 2.29 bits per heavy atom. The Labute approximate surface area is 101 Å². The molecule has 0 N–H and O–H groups in total. The molecule has 1 aliphatic rings. The SMILES string of the molecule is Cn1c(B2OC(C)(C)C(C)(C)O2)ccnc1=O. The van der Waals surface area contributed by atoms with Crippen LogP contribution in [0.25, 0.3) is 0 Å². The van der Waals surface area contributed by atoms with Crippen LogP contribution in [0, 0.1) is 0 Å². The molecule has 1 aromatic heterocycles. The van der Waals surface area contributed by atoms with Crippen LogP contribution in [0.3, 0.4) is 0 Å². The van der Waals surface area contributed by atoms with Gasteiger partial charge in [-0.3, -0.25) is 0 Å². The van der Waals surface area contributed by atoms with Crippen LogP contribution in [0.5, 0.6) is 0 Å². The van der Waals surface area contributed by atoms with Gasteiger partial charge in [0, 0.05) is 13.2 Å². The van der Waals surface area contributed by atoms with Gasteiger partial charge < -0.3 is 13.9 Å². The highest BCUT2D eigenvalue weighted by atomic mass is 16.7. The minimum Gasteiger partial charge on any atom is -0.398 e. The second kappa shape index (κ2) is 3.68. The van der Waals surface area contributed by atoms with E-state index in [2.05, 4.69) is 4.98 Å². The summed E-state index contributed by atoms with van der Waals surface area (Å²) in [7, 11) is 1.14. The van der Waals surface area contributed by atoms with Gasteiger partial charge in [0.25, 0.3) is 0 Å². The van der Waals surface area contributed by atoms with E-state index in [9.17, 15) is 4.79 Å². The van der Waals surface area contributed by atoms with Crippen LogP contribution in [-0.2, 0) is 16.4 Å². The van der Waals surface area contributed by atoms with Crippen molar-refractivity contribution in [3.05, 3.63) is 22.7 Å². The van der Waals surface area contributed by atoms with Gasteiger partial charge in [-0.15, -0.1) is 0 Å². The summed E-state index contributed by atoms with van der Waals surface area (Å²) in [6.07, 6.45) is 1.47. The van der Waals surface area contributed by atoms with Crippen molar-refractivity contribution in [2.45, 2.75) is 38.9 Å². The molecule has 0 aliphatic carbocycles. The fraction of sp³-hybridized carbons (Fsp3) is 0.636. The van der Waals surface area contributed by atoms with Crippen molar-refractivity contribution in [3.8, 4) is 0 Å². The van der Waals surface area contributed by atoms with Crippen molar-refractivity contribution in [2.24, 2.45) is 7.05 Å². The number of nitrogens with zero attached hydrogens (tertiary/aromatic N) is 2. The standard InChI is InChI=1S/C11H17BN2O3/c1-10(2)11(3,4)17-12(16-10)8-6-7-13-9(15)14(8)5/h6-7H,1-5H3. The lowest BCUT2D eigenvalue weighted by Gasteiger charge is -2.32. The number of aromatic nitrogens is 2. The highest BCUT2D eigenvalue weighted by molar-refractivity contribution is 6.61. The zero-order valence-corrected chi connectivity index (χ0v) is 10.9. The lowest BCUT2D eigenvalue weighted by molar-refractivity contribution is 0.00578. The van der Waals surface area contributed by atoms with Crippen LogP contribution in [0.2, 0.25) is 0 Å². The molecule has 17 heavy (non-hydrogen) atoms. The summed E-state index contributed by atoms with van der Waals surface area (Å²) in [6.45, 7) is 7.91. The third-order valence-corrected chi connectivity index (χ3v) is 3.60. The van der Waals surface area contributed by atoms with Gasteiger partial charge >= 0.3 is 12.8 Å². The van der Waals surface area contributed by atoms with E-state index in [0.29, 0.717) is 5.59 Å². The summed E-state index contributed by atoms with van der Waals surface area (Å²) in [6, 6.07) is 1.74. The van der Waals surface area contributed by atoms with Crippen LogP contribution in [-0.4, -0.2) is 27.9 Å². The predicted octanol–water partition coefficient (Wildman–Crippen LogP) is 0.0795. The summed E-state index contributed by atoms with van der Waals surface area (Å²) in [5.41, 5.74) is -0.436. The van der Waals surface area contributed by atoms with Crippen LogP contribution >= 0.6 is 0 Å². The Morgan fingerprint density at radius 1 is 1.24 bits per heavy atom. The average molecular weight is 236 g/mol. The lowest BCUT2D eigenvalue weighted by Crippen LogP contribution is -2.45. The quantitative estimate of drug-likeness (QED) is 0.648. The van der Waals surface area contributed by atoms with E-state index in [1.807, 2.05) is 27.7 Å². The third-order valence-electron chi connectivity index (χ3n) is 3.60. The molecule has 0 spiro atoms. The zero-order valence-electron chi connectivity index (χ0n) is 10.9. The number of rotatable bonds is 1. The molecule has 0 unspecified atom stereocenters. The molecule has 1 saturated heterocycles. The van der Waals surface area contributed by atoms with E-state index in [-0.39, 0.29) is 5.69 Å². The largest absolute Gasteiger partial charge is 0.512 e. The zero-order chi connectivity index (χ0) is 12.8. The van der Waals surface area contributed by atoms with Crippen molar-refractivity contribution in [1.29, 1.82) is 0 Å². The van der Waals surface area contributed by atoms with Crippen molar-refractivity contribution >= 4 is 12.7 Å². The van der Waals surface area contributed by atoms with E-state index in [0.717, 1.165) is 0 Å². The first kappa shape index (κ1) is 12.3. The summed E-state index contributed by atoms with van der Waals surface area (Å²) < 4.78 is 13.2. The molecule has 1 aliphatic heterocycles. The van der Waals surface area contributed by atoms with Gasteiger partial charge in [-0.25, -0.2) is 9.78 Å². The molecule has 0 saturated carbocycles. The molecule has 1 fully saturated rings. The van der Waals surface area contributed by atoms with Crippen molar-refractivity contribution in [2.75, 3.05) is 0 Å². The van der Waals surface area contributed by atoms with Gasteiger partial charge in [-0.05, 0) is 33.8 Å². The van der Waals surface area contributed by atoms with Gasteiger partial charge in [0.2, 0.25) is 0 Å². The van der Waals surface area contributed by atoms with E-state index in [1.54, 1.807) is 13.1 Å². The maximum Gasteiger partial charge on any atom is 0.512 e. The first-order chi connectivity index (χ1) is 7.74. The van der Waals surface area contributed by atoms with Gasteiger partial charge in [0.1, 0.15) is 0 Å². The molecular formula is C11H17BN2O3. The predicted molar refractivity (Wildman–Crippen MR) is 65.2 cm³/mol. The number of hydrogen-bond acceptors (Lipinski definition) is 4. The van der Waals surface area contributed by atoms with Crippen molar-refractivity contribution in [3.63, 3.8) is 0 Å². The maximum absolute atomic E-state index is 11.5. The highest BCUT2D eigenvalue weighted by Crippen LogP contribution is 2.36. The Bertz CT molecular complexity index is 480. The van der Waals surface area contributed by atoms with Crippen LogP contribution < -0.4 is 11.3 Å². The summed E-state index contributed by atoms with van der Waals surface area (Å²) in [5, 5.41) is 0. The Kier molecular flexibility index (Phi) is 2.67. The smallest absolute Gasteiger partial charge is 0.398 e. The van der Waals surface area contributed by atoms with Crippen molar-refractivity contribution in [1.82, 2.24) is 9.55 Å². The van der Waals surface area contributed by atoms with Crippen LogP contribution in [0.4, 0.5) is 0 Å². The summed E-state index contributed by atoms with van der Waals surface area (Å²) >= 11 is 0. The second-order valence-electron chi connectivity index (χ2n) is 5.30. The van der Waals surface area contributed by atoms with Crippen LogP contribution in [0.15, 0.2) is 17.1 Å². The first-order valence-electron chi connectivity index (χ1n) is 5.62. The normalized spacial score (nSPS) is 21.8. The minimum atomic E-state index is -0.527. The van der Waals surface area contributed by atoms with E-state index in [4.69, 9.17) is 9.31 Å². The minimum absolute atomic E-state index is 0.308. The third kappa shape index (κ3) is 1.91. The van der Waals surface area contributed by atoms with Crippen LogP contribution in [0.1, 0.15) is 27.7 Å². The highest BCUT2D eigenvalue weighted by Gasteiger charge is 2.52. The van der Waals surface area contributed by atoms with Crippen molar-refractivity contribution < 1.29 is 9.31 Å². The Morgan fingerprint density at radius 2 is 1.76 bits per heavy atom. The molecule has 5 nitrogen and oxygen atoms in total. The molecule has 2 heterocycles. The Hall–Kier alpha value is -1.14. The summed E-state index contributed by atoms with van der Waals surface area (Å²) in [5.74, 6) is 0. The molecule has 0 atom stereocenters. The van der Waals surface area contributed by atoms with Gasteiger partial charge in [0.15, 0.2) is 0 Å². The van der Waals surface area contributed by atoms with Gasteiger partial charge in [0.05, 0.1) is 16.8 Å². The monoisotopic (exact) mass is 236 g/mol. The molecule has 0 amide bonds. The molecule has 6 heteroatoms. The fourth-order valence-corrected chi connectivity index (χ4v) is 1.69. The van der Waals surface area contributed by atoms with E-state index in [1.165, 1.54) is 10.8 Å². The molecule has 1 aromatic rings. The number of hydrogen-bond donors (Lipinski definition) is 0. The maximum atomic E-state index is 11.5. The molecular weight excluding hydrogens is 219 g/mol. The second-order valence-corrected chi connectivity index (χ2v) is 5.30. The molecule has 0 radical (unpaired) electrons. The van der Waals surface area contributed by atoms with Gasteiger partial charge in [-0.1, -0.05) is 0 Å². The summed E-state index contributed by atoms with van der Waals surface area (Å²) in [4.78, 5) is 15.1. The Balaban J connectivity index is 2.39. The first-order valence-corrected chi connectivity index (χ1v) is 5.62. The van der Waals surface area contributed by atoms with E-state index >= 15 is 0 Å². The molecule has 92 valence electrons. The fourth-order valence-electron chi connectivity index (χ4n) is 1.69. The lowest BCUT2D eigenvalue weighted by atomic mass is 9.84. The molecule has 0 bridgehead atoms. The average Bonchev–Trinajstić information content (AvgIpc) is 2.40. The molecule has 0 aromatic carbocycles. The van der Waals surface area contributed by atoms with E-state index < -0.39 is 18.3 Å². The molecule has 2 rings (SSSR count). The van der Waals surface area contributed by atoms with Gasteiger partial charge in [-0.2, -0.15) is 0 Å². The topological polar surface area (TPSA) is 53.4 Å².